The summed E-state index contributed by atoms with van der Waals surface area (Å²) in [4.78, 5) is 11.5. The maximum Gasteiger partial charge on any atom is 0.344 e. The Kier molecular flexibility index (Phi) is 3.16. The van der Waals surface area contributed by atoms with Crippen molar-refractivity contribution in [2.75, 3.05) is 13.1 Å². The van der Waals surface area contributed by atoms with E-state index in [4.69, 9.17) is 0 Å². The molecule has 2 rings (SSSR count). The van der Waals surface area contributed by atoms with Crippen LogP contribution in [0.25, 0.3) is 0 Å². The Labute approximate surface area is 92.6 Å². The topological polar surface area (TPSA) is 62.7 Å². The summed E-state index contributed by atoms with van der Waals surface area (Å²) < 4.78 is 1.71. The van der Waals surface area contributed by atoms with E-state index < -0.39 is 0 Å². The molecule has 0 aromatic carbocycles. The van der Waals surface area contributed by atoms with Crippen LogP contribution in [0.2, 0.25) is 0 Å². The Morgan fingerprint density at radius 3 is 3.00 bits per heavy atom. The third-order valence-electron chi connectivity index (χ3n) is 2.48. The van der Waals surface area contributed by atoms with E-state index in [0.717, 1.165) is 24.7 Å². The van der Waals surface area contributed by atoms with Crippen molar-refractivity contribution < 1.29 is 0 Å². The lowest BCUT2D eigenvalue weighted by molar-refractivity contribution is 0.533. The number of nitrogens with zero attached hydrogens (tertiary/aromatic N) is 2. The second-order valence-electron chi connectivity index (χ2n) is 4.01. The largest absolute Gasteiger partial charge is 0.344 e. The van der Waals surface area contributed by atoms with Crippen molar-refractivity contribution in [3.8, 4) is 0 Å². The Balaban J connectivity index is 2.16. The summed E-state index contributed by atoms with van der Waals surface area (Å²) in [7, 11) is 0. The predicted molar refractivity (Wildman–Crippen MR) is 60.4 cm³/mol. The first-order chi connectivity index (χ1) is 7.18. The molecule has 1 aliphatic rings. The third-order valence-corrected chi connectivity index (χ3v) is 3.71. The van der Waals surface area contributed by atoms with Gasteiger partial charge >= 0.3 is 5.69 Å². The van der Waals surface area contributed by atoms with Crippen molar-refractivity contribution in [3.05, 3.63) is 10.5 Å². The molecule has 1 atom stereocenters. The van der Waals surface area contributed by atoms with Crippen LogP contribution >= 0.6 is 11.8 Å². The van der Waals surface area contributed by atoms with Crippen LogP contribution in [-0.4, -0.2) is 33.1 Å². The van der Waals surface area contributed by atoms with Crippen LogP contribution < -0.4 is 11.0 Å². The normalized spacial score (nSPS) is 21.4. The van der Waals surface area contributed by atoms with Crippen LogP contribution in [0.4, 0.5) is 0 Å². The molecular formula is C9H16N4OS. The van der Waals surface area contributed by atoms with Crippen LogP contribution in [0.1, 0.15) is 26.3 Å². The lowest BCUT2D eigenvalue weighted by Gasteiger charge is -2.11. The Morgan fingerprint density at radius 2 is 2.40 bits per heavy atom. The number of H-pyrrole nitrogens is 1. The van der Waals surface area contributed by atoms with E-state index in [-0.39, 0.29) is 11.7 Å². The van der Waals surface area contributed by atoms with Crippen molar-refractivity contribution >= 4 is 11.8 Å². The molecule has 5 nitrogen and oxygen atoms in total. The SMILES string of the molecule is CC(C)n1c(SC2CCNC2)n[nH]c1=O. The number of aromatic amines is 1. The Morgan fingerprint density at radius 1 is 1.60 bits per heavy atom. The third kappa shape index (κ3) is 2.26. The smallest absolute Gasteiger partial charge is 0.316 e. The summed E-state index contributed by atoms with van der Waals surface area (Å²) in [6.45, 7) is 6.06. The van der Waals surface area contributed by atoms with Gasteiger partial charge in [-0.25, -0.2) is 9.89 Å². The summed E-state index contributed by atoms with van der Waals surface area (Å²) >= 11 is 1.69. The summed E-state index contributed by atoms with van der Waals surface area (Å²) in [5.74, 6) is 0. The van der Waals surface area contributed by atoms with Gasteiger partial charge in [-0.2, -0.15) is 0 Å². The van der Waals surface area contributed by atoms with E-state index in [0.29, 0.717) is 5.25 Å². The predicted octanol–water partition coefficient (Wildman–Crippen LogP) is 0.606. The second-order valence-corrected chi connectivity index (χ2v) is 5.28. The highest BCUT2D eigenvalue weighted by Crippen LogP contribution is 2.25. The maximum atomic E-state index is 11.5. The standard InChI is InChI=1S/C9H16N4OS/c1-6(2)13-8(14)11-12-9(13)15-7-3-4-10-5-7/h6-7,10H,3-5H2,1-2H3,(H,11,14). The molecule has 6 heteroatoms. The lowest BCUT2D eigenvalue weighted by atomic mass is 10.4. The quantitative estimate of drug-likeness (QED) is 0.795. The van der Waals surface area contributed by atoms with Crippen molar-refractivity contribution in [2.45, 2.75) is 36.7 Å². The van der Waals surface area contributed by atoms with Gasteiger partial charge in [-0.15, -0.1) is 5.10 Å². The highest BCUT2D eigenvalue weighted by molar-refractivity contribution is 7.99. The van der Waals surface area contributed by atoms with Gasteiger partial charge in [-0.05, 0) is 26.8 Å². The summed E-state index contributed by atoms with van der Waals surface area (Å²) in [6.07, 6.45) is 1.14. The monoisotopic (exact) mass is 228 g/mol. The van der Waals surface area contributed by atoms with Gasteiger partial charge < -0.3 is 5.32 Å². The summed E-state index contributed by atoms with van der Waals surface area (Å²) in [6, 6.07) is 0.160. The van der Waals surface area contributed by atoms with Crippen molar-refractivity contribution in [1.29, 1.82) is 0 Å². The van der Waals surface area contributed by atoms with Gasteiger partial charge in [-0.3, -0.25) is 4.57 Å². The fourth-order valence-corrected chi connectivity index (χ4v) is 2.95. The second kappa shape index (κ2) is 4.40. The average molecular weight is 228 g/mol. The van der Waals surface area contributed by atoms with Crippen LogP contribution in [0.3, 0.4) is 0 Å². The molecular weight excluding hydrogens is 212 g/mol. The number of hydrogen-bond donors (Lipinski definition) is 2. The van der Waals surface area contributed by atoms with Crippen molar-refractivity contribution in [1.82, 2.24) is 20.1 Å². The molecule has 0 bridgehead atoms. The fraction of sp³-hybridized carbons (Fsp3) is 0.778. The molecule has 1 aromatic rings. The highest BCUT2D eigenvalue weighted by Gasteiger charge is 2.20. The molecule has 1 saturated heterocycles. The fourth-order valence-electron chi connectivity index (χ4n) is 1.71. The van der Waals surface area contributed by atoms with Crippen molar-refractivity contribution in [2.24, 2.45) is 0 Å². The van der Waals surface area contributed by atoms with Gasteiger partial charge in [0.05, 0.1) is 0 Å². The zero-order valence-electron chi connectivity index (χ0n) is 8.99. The first-order valence-electron chi connectivity index (χ1n) is 5.22. The molecule has 15 heavy (non-hydrogen) atoms. The van der Waals surface area contributed by atoms with E-state index in [1.165, 1.54) is 0 Å². The van der Waals surface area contributed by atoms with Crippen LogP contribution in [0, 0.1) is 0 Å². The van der Waals surface area contributed by atoms with Crippen LogP contribution in [0.15, 0.2) is 9.95 Å². The van der Waals surface area contributed by atoms with E-state index in [2.05, 4.69) is 15.5 Å². The molecule has 1 aliphatic heterocycles. The van der Waals surface area contributed by atoms with E-state index in [1.54, 1.807) is 16.3 Å². The number of aromatic nitrogens is 3. The van der Waals surface area contributed by atoms with Gasteiger partial charge in [0, 0.05) is 17.8 Å². The van der Waals surface area contributed by atoms with E-state index in [1.807, 2.05) is 13.8 Å². The molecule has 1 unspecified atom stereocenters. The first-order valence-corrected chi connectivity index (χ1v) is 6.10. The molecule has 0 amide bonds. The zero-order valence-corrected chi connectivity index (χ0v) is 9.80. The number of thioether (sulfide) groups is 1. The Hall–Kier alpha value is -0.750. The van der Waals surface area contributed by atoms with Gasteiger partial charge in [0.15, 0.2) is 5.16 Å². The summed E-state index contributed by atoms with van der Waals surface area (Å²) in [5.41, 5.74) is -0.113. The molecule has 0 radical (unpaired) electrons. The van der Waals surface area contributed by atoms with Crippen LogP contribution in [0.5, 0.6) is 0 Å². The Bertz CT molecular complexity index is 378. The molecule has 2 N–H and O–H groups in total. The minimum atomic E-state index is -0.113. The van der Waals surface area contributed by atoms with Gasteiger partial charge in [-0.1, -0.05) is 11.8 Å². The van der Waals surface area contributed by atoms with Crippen LogP contribution in [-0.2, 0) is 0 Å². The molecule has 1 aromatic heterocycles. The van der Waals surface area contributed by atoms with Gasteiger partial charge in [0.2, 0.25) is 0 Å². The number of rotatable bonds is 3. The highest BCUT2D eigenvalue weighted by atomic mass is 32.2. The maximum absolute atomic E-state index is 11.5. The lowest BCUT2D eigenvalue weighted by Crippen LogP contribution is -2.20. The van der Waals surface area contributed by atoms with Gasteiger partial charge in [0.25, 0.3) is 0 Å². The molecule has 2 heterocycles. The average Bonchev–Trinajstić information content (AvgIpc) is 2.76. The molecule has 0 aliphatic carbocycles. The number of nitrogens with one attached hydrogen (secondary N) is 2. The van der Waals surface area contributed by atoms with Crippen molar-refractivity contribution in [3.63, 3.8) is 0 Å². The minimum Gasteiger partial charge on any atom is -0.316 e. The molecule has 0 saturated carbocycles. The molecule has 1 fully saturated rings. The van der Waals surface area contributed by atoms with Gasteiger partial charge in [0.1, 0.15) is 0 Å². The molecule has 84 valence electrons. The van der Waals surface area contributed by atoms with E-state index >= 15 is 0 Å². The minimum absolute atomic E-state index is 0.113. The summed E-state index contributed by atoms with van der Waals surface area (Å²) in [5, 5.41) is 11.2. The first kappa shape index (κ1) is 10.8. The number of hydrogen-bond acceptors (Lipinski definition) is 4. The molecule has 0 spiro atoms. The zero-order chi connectivity index (χ0) is 10.8. The van der Waals surface area contributed by atoms with E-state index in [9.17, 15) is 4.79 Å².